The van der Waals surface area contributed by atoms with Crippen LogP contribution in [0.4, 0.5) is 0 Å². The fraction of sp³-hybridized carbons (Fsp3) is 0.480. The summed E-state index contributed by atoms with van der Waals surface area (Å²) in [4.78, 5) is 12.9. The molecule has 0 spiro atoms. The monoisotopic (exact) mass is 422 g/mol. The molecule has 4 nitrogen and oxygen atoms in total. The molecule has 0 radical (unpaired) electrons. The molecule has 1 aliphatic rings. The first-order chi connectivity index (χ1) is 14.1. The molecule has 0 saturated heterocycles. The van der Waals surface area contributed by atoms with Crippen molar-refractivity contribution in [2.24, 2.45) is 0 Å². The first-order valence-corrected chi connectivity index (χ1v) is 11.4. The Morgan fingerprint density at radius 2 is 1.90 bits per heavy atom. The molecular formula is C25H30N2O2S. The van der Waals surface area contributed by atoms with E-state index < -0.39 is 0 Å². The largest absolute Gasteiger partial charge is 0.406 e. The second-order valence-electron chi connectivity index (χ2n) is 9.01. The maximum absolute atomic E-state index is 11.6. The molecule has 30 heavy (non-hydrogen) atoms. The Labute approximate surface area is 184 Å². The average molecular weight is 423 g/mol. The second-order valence-corrected chi connectivity index (χ2v) is 10.8. The molecule has 1 aromatic carbocycles. The Morgan fingerprint density at radius 1 is 1.13 bits per heavy atom. The highest BCUT2D eigenvalue weighted by molar-refractivity contribution is 8.00. The van der Waals surface area contributed by atoms with Crippen LogP contribution in [0.5, 0.6) is 5.88 Å². The van der Waals surface area contributed by atoms with E-state index >= 15 is 0 Å². The van der Waals surface area contributed by atoms with Crippen LogP contribution >= 0.6 is 11.8 Å². The van der Waals surface area contributed by atoms with Crippen molar-refractivity contribution in [3.05, 3.63) is 46.6 Å². The minimum Gasteiger partial charge on any atom is -0.406 e. The third kappa shape index (κ3) is 5.23. The highest BCUT2D eigenvalue weighted by Gasteiger charge is 2.38. The van der Waals surface area contributed by atoms with Gasteiger partial charge in [0.15, 0.2) is 0 Å². The van der Waals surface area contributed by atoms with Gasteiger partial charge in [0.25, 0.3) is 0 Å². The van der Waals surface area contributed by atoms with Gasteiger partial charge in [0, 0.05) is 27.7 Å². The molecule has 3 rings (SSSR count). The lowest BCUT2D eigenvalue weighted by atomic mass is 9.76. The summed E-state index contributed by atoms with van der Waals surface area (Å²) in [5, 5.41) is 8.06. The van der Waals surface area contributed by atoms with Gasteiger partial charge in [0.2, 0.25) is 5.88 Å². The minimum absolute atomic E-state index is 0.108. The summed E-state index contributed by atoms with van der Waals surface area (Å²) >= 11 is 1.97. The van der Waals surface area contributed by atoms with E-state index in [4.69, 9.17) is 4.74 Å². The van der Waals surface area contributed by atoms with Gasteiger partial charge in [0.1, 0.15) is 5.69 Å². The van der Waals surface area contributed by atoms with E-state index in [1.165, 1.54) is 16.0 Å². The fourth-order valence-electron chi connectivity index (χ4n) is 4.08. The molecule has 2 heterocycles. The summed E-state index contributed by atoms with van der Waals surface area (Å²) in [7, 11) is 0. The third-order valence-electron chi connectivity index (χ3n) is 5.21. The van der Waals surface area contributed by atoms with Crippen LogP contribution < -0.4 is 4.74 Å². The zero-order chi connectivity index (χ0) is 21.9. The molecule has 0 bridgehead atoms. The summed E-state index contributed by atoms with van der Waals surface area (Å²) in [6.45, 7) is 13.4. The third-order valence-corrected chi connectivity index (χ3v) is 6.46. The van der Waals surface area contributed by atoms with Gasteiger partial charge < -0.3 is 4.74 Å². The van der Waals surface area contributed by atoms with E-state index in [0.717, 1.165) is 24.8 Å². The molecule has 158 valence electrons. The Kier molecular flexibility index (Phi) is 6.57. The average Bonchev–Trinajstić information content (AvgIpc) is 2.65. The summed E-state index contributed by atoms with van der Waals surface area (Å²) < 4.78 is 5.38. The van der Waals surface area contributed by atoms with Crippen molar-refractivity contribution in [3.8, 4) is 17.7 Å². The number of ether oxygens (including phenoxy) is 1. The molecule has 0 saturated carbocycles. The Morgan fingerprint density at radius 3 is 2.53 bits per heavy atom. The first kappa shape index (κ1) is 22.4. The van der Waals surface area contributed by atoms with E-state index in [2.05, 4.69) is 68.8 Å². The van der Waals surface area contributed by atoms with Crippen LogP contribution in [0.1, 0.15) is 83.2 Å². The van der Waals surface area contributed by atoms with E-state index in [-0.39, 0.29) is 22.0 Å². The number of aromatic nitrogens is 2. The number of hydrogen-bond donors (Lipinski definition) is 0. The SMILES string of the molecule is CCCC(=O)Oc1ccc(C#Cc2cc3c(cc2CC)SC(C)(C)CC3(C)C)nn1. The van der Waals surface area contributed by atoms with Crippen molar-refractivity contribution >= 4 is 17.7 Å². The number of nitrogens with zero attached hydrogens (tertiary/aromatic N) is 2. The lowest BCUT2D eigenvalue weighted by Crippen LogP contribution is -2.33. The zero-order valence-electron chi connectivity index (χ0n) is 18.8. The van der Waals surface area contributed by atoms with Crippen LogP contribution in [0.25, 0.3) is 0 Å². The van der Waals surface area contributed by atoms with Crippen LogP contribution in [0.2, 0.25) is 0 Å². The fourth-order valence-corrected chi connectivity index (χ4v) is 5.76. The van der Waals surface area contributed by atoms with E-state index in [1.54, 1.807) is 12.1 Å². The number of esters is 1. The molecule has 1 aromatic heterocycles. The Bertz CT molecular complexity index is 998. The summed E-state index contributed by atoms with van der Waals surface area (Å²) in [5.74, 6) is 6.34. The van der Waals surface area contributed by atoms with Crippen molar-refractivity contribution < 1.29 is 9.53 Å². The molecule has 0 amide bonds. The van der Waals surface area contributed by atoms with E-state index in [9.17, 15) is 4.79 Å². The van der Waals surface area contributed by atoms with Gasteiger partial charge in [-0.2, -0.15) is 0 Å². The van der Waals surface area contributed by atoms with Gasteiger partial charge >= 0.3 is 5.97 Å². The molecule has 1 aliphatic heterocycles. The molecule has 2 aromatic rings. The molecule has 0 atom stereocenters. The number of rotatable bonds is 4. The molecule has 0 fully saturated rings. The highest BCUT2D eigenvalue weighted by Crippen LogP contribution is 2.51. The number of hydrogen-bond acceptors (Lipinski definition) is 5. The first-order valence-electron chi connectivity index (χ1n) is 10.6. The lowest BCUT2D eigenvalue weighted by molar-refractivity contribution is -0.134. The maximum Gasteiger partial charge on any atom is 0.312 e. The predicted octanol–water partition coefficient (Wildman–Crippen LogP) is 5.70. The number of thioether (sulfide) groups is 1. The van der Waals surface area contributed by atoms with Crippen molar-refractivity contribution in [2.75, 3.05) is 0 Å². The second kappa shape index (κ2) is 8.81. The number of carbonyl (C=O) groups excluding carboxylic acids is 1. The minimum atomic E-state index is -0.295. The zero-order valence-corrected chi connectivity index (χ0v) is 19.6. The van der Waals surface area contributed by atoms with Crippen LogP contribution in [-0.4, -0.2) is 20.9 Å². The van der Waals surface area contributed by atoms with Crippen LogP contribution in [-0.2, 0) is 16.6 Å². The van der Waals surface area contributed by atoms with Gasteiger partial charge in [-0.15, -0.1) is 22.0 Å². The molecule has 0 aliphatic carbocycles. The van der Waals surface area contributed by atoms with Gasteiger partial charge in [-0.1, -0.05) is 47.5 Å². The van der Waals surface area contributed by atoms with Gasteiger partial charge in [0.05, 0.1) is 0 Å². The van der Waals surface area contributed by atoms with Crippen molar-refractivity contribution in [2.45, 2.75) is 82.3 Å². The topological polar surface area (TPSA) is 52.1 Å². The maximum atomic E-state index is 11.6. The van der Waals surface area contributed by atoms with E-state index in [1.807, 2.05) is 18.7 Å². The summed E-state index contributed by atoms with van der Waals surface area (Å²) in [6.07, 6.45) is 3.16. The van der Waals surface area contributed by atoms with Gasteiger partial charge in [-0.05, 0) is 59.9 Å². The normalized spacial score (nSPS) is 16.2. The number of carbonyl (C=O) groups is 1. The van der Waals surface area contributed by atoms with Crippen molar-refractivity contribution in [1.29, 1.82) is 0 Å². The summed E-state index contributed by atoms with van der Waals surface area (Å²) in [6, 6.07) is 7.95. The molecule has 5 heteroatoms. The van der Waals surface area contributed by atoms with Gasteiger partial charge in [-0.25, -0.2) is 0 Å². The lowest BCUT2D eigenvalue weighted by Gasteiger charge is -2.42. The summed E-state index contributed by atoms with van der Waals surface area (Å²) in [5.41, 5.74) is 4.33. The molecule has 0 N–H and O–H groups in total. The van der Waals surface area contributed by atoms with Crippen molar-refractivity contribution in [3.63, 3.8) is 0 Å². The number of aryl methyl sites for hydroxylation is 1. The molecule has 0 unspecified atom stereocenters. The highest BCUT2D eigenvalue weighted by atomic mass is 32.2. The predicted molar refractivity (Wildman–Crippen MR) is 122 cm³/mol. The number of benzene rings is 1. The van der Waals surface area contributed by atoms with Crippen LogP contribution in [0, 0.1) is 11.8 Å². The van der Waals surface area contributed by atoms with E-state index in [0.29, 0.717) is 12.1 Å². The standard InChI is InChI=1S/C25H30N2O2S/c1-7-9-23(28)29-22-13-12-19(26-27-22)11-10-18-14-20-21(15-17(18)8-2)30-25(5,6)16-24(20,3)4/h12-15H,7-9,16H2,1-6H3. The van der Waals surface area contributed by atoms with Gasteiger partial charge in [-0.3, -0.25) is 4.79 Å². The number of fused-ring (bicyclic) bond motifs is 1. The van der Waals surface area contributed by atoms with Crippen LogP contribution in [0.3, 0.4) is 0 Å². The smallest absolute Gasteiger partial charge is 0.312 e. The van der Waals surface area contributed by atoms with Crippen LogP contribution in [0.15, 0.2) is 29.2 Å². The quantitative estimate of drug-likeness (QED) is 0.467. The molecular weight excluding hydrogens is 392 g/mol. The Balaban J connectivity index is 1.88. The van der Waals surface area contributed by atoms with Crippen molar-refractivity contribution in [1.82, 2.24) is 10.2 Å². The Hall–Kier alpha value is -2.32.